The van der Waals surface area contributed by atoms with Crippen LogP contribution in [0.4, 0.5) is 5.82 Å². The first-order valence-electron chi connectivity index (χ1n) is 6.44. The van der Waals surface area contributed by atoms with Gasteiger partial charge >= 0.3 is 5.97 Å². The van der Waals surface area contributed by atoms with Crippen molar-refractivity contribution in [1.29, 1.82) is 0 Å². The summed E-state index contributed by atoms with van der Waals surface area (Å²) in [5.74, 6) is 0.0821. The maximum Gasteiger partial charge on any atom is 0.356 e. The van der Waals surface area contributed by atoms with Crippen LogP contribution in [0.15, 0.2) is 12.4 Å². The second kappa shape index (κ2) is 6.21. The SMILES string of the molecule is CCc1nn(C)c(OC)c1CNc1cnc(C(=O)O)cn1. The average molecular weight is 291 g/mol. The fourth-order valence-corrected chi connectivity index (χ4v) is 2.03. The fraction of sp³-hybridized carbons (Fsp3) is 0.385. The number of hydrogen-bond acceptors (Lipinski definition) is 6. The molecule has 0 unspecified atom stereocenters. The largest absolute Gasteiger partial charge is 0.481 e. The van der Waals surface area contributed by atoms with Crippen LogP contribution in [-0.2, 0) is 20.0 Å². The Balaban J connectivity index is 2.14. The van der Waals surface area contributed by atoms with Crippen LogP contribution in [0.25, 0.3) is 0 Å². The molecule has 2 aromatic rings. The summed E-state index contributed by atoms with van der Waals surface area (Å²) in [5.41, 5.74) is 1.80. The minimum Gasteiger partial charge on any atom is -0.481 e. The van der Waals surface area contributed by atoms with Crippen LogP contribution in [0.1, 0.15) is 28.7 Å². The van der Waals surface area contributed by atoms with E-state index in [1.165, 1.54) is 12.4 Å². The number of carboxylic acid groups (broad SMARTS) is 1. The summed E-state index contributed by atoms with van der Waals surface area (Å²) in [6.45, 7) is 2.49. The molecular weight excluding hydrogens is 274 g/mol. The van der Waals surface area contributed by atoms with E-state index in [4.69, 9.17) is 9.84 Å². The number of ether oxygens (including phenoxy) is 1. The highest BCUT2D eigenvalue weighted by Crippen LogP contribution is 2.22. The zero-order valence-corrected chi connectivity index (χ0v) is 12.1. The molecule has 0 aromatic carbocycles. The van der Waals surface area contributed by atoms with Gasteiger partial charge in [0, 0.05) is 13.6 Å². The van der Waals surface area contributed by atoms with Crippen molar-refractivity contribution >= 4 is 11.8 Å². The Kier molecular flexibility index (Phi) is 4.36. The van der Waals surface area contributed by atoms with Gasteiger partial charge in [-0.1, -0.05) is 6.92 Å². The van der Waals surface area contributed by atoms with E-state index in [9.17, 15) is 4.79 Å². The molecule has 2 aromatic heterocycles. The molecule has 8 nitrogen and oxygen atoms in total. The van der Waals surface area contributed by atoms with E-state index in [2.05, 4.69) is 20.4 Å². The first-order chi connectivity index (χ1) is 10.1. The molecule has 0 amide bonds. The molecule has 21 heavy (non-hydrogen) atoms. The van der Waals surface area contributed by atoms with E-state index >= 15 is 0 Å². The third kappa shape index (κ3) is 3.10. The maximum absolute atomic E-state index is 10.7. The van der Waals surface area contributed by atoms with Crippen LogP contribution in [0.2, 0.25) is 0 Å². The van der Waals surface area contributed by atoms with Crippen LogP contribution < -0.4 is 10.1 Å². The fourth-order valence-electron chi connectivity index (χ4n) is 2.03. The Morgan fingerprint density at radius 3 is 2.71 bits per heavy atom. The van der Waals surface area contributed by atoms with Crippen LogP contribution in [0.5, 0.6) is 5.88 Å². The van der Waals surface area contributed by atoms with Crippen LogP contribution in [-0.4, -0.2) is 37.9 Å². The van der Waals surface area contributed by atoms with Crippen molar-refractivity contribution in [3.63, 3.8) is 0 Å². The van der Waals surface area contributed by atoms with Gasteiger partial charge in [-0.2, -0.15) is 5.10 Å². The van der Waals surface area contributed by atoms with Gasteiger partial charge in [-0.3, -0.25) is 0 Å². The van der Waals surface area contributed by atoms with E-state index in [1.807, 2.05) is 14.0 Å². The molecule has 0 aliphatic rings. The summed E-state index contributed by atoms with van der Waals surface area (Å²) in [6.07, 6.45) is 3.39. The smallest absolute Gasteiger partial charge is 0.356 e. The highest BCUT2D eigenvalue weighted by atomic mass is 16.5. The normalized spacial score (nSPS) is 10.4. The number of anilines is 1. The molecule has 0 saturated carbocycles. The Bertz CT molecular complexity index is 636. The van der Waals surface area contributed by atoms with Crippen molar-refractivity contribution < 1.29 is 14.6 Å². The number of carboxylic acids is 1. The predicted molar refractivity (Wildman–Crippen MR) is 75.5 cm³/mol. The standard InChI is InChI=1S/C13H17N5O3/c1-4-9-8(12(21-3)18(2)17-9)5-15-11-7-14-10(6-16-11)13(19)20/h6-7H,4-5H2,1-3H3,(H,15,16)(H,19,20). The molecule has 2 rings (SSSR count). The van der Waals surface area contributed by atoms with Gasteiger partial charge in [0.2, 0.25) is 5.88 Å². The number of nitrogens with one attached hydrogen (secondary N) is 1. The third-order valence-corrected chi connectivity index (χ3v) is 3.02. The minimum absolute atomic E-state index is 0.0891. The van der Waals surface area contributed by atoms with Gasteiger partial charge in [0.1, 0.15) is 5.82 Å². The minimum atomic E-state index is -1.10. The van der Waals surface area contributed by atoms with Crippen molar-refractivity contribution in [1.82, 2.24) is 19.7 Å². The van der Waals surface area contributed by atoms with Crippen LogP contribution in [0.3, 0.4) is 0 Å². The van der Waals surface area contributed by atoms with Crippen molar-refractivity contribution in [2.45, 2.75) is 19.9 Å². The molecule has 0 atom stereocenters. The molecule has 8 heteroatoms. The lowest BCUT2D eigenvalue weighted by Crippen LogP contribution is -2.07. The Labute approximate surface area is 121 Å². The van der Waals surface area contributed by atoms with E-state index in [-0.39, 0.29) is 5.69 Å². The summed E-state index contributed by atoms with van der Waals surface area (Å²) >= 11 is 0. The molecule has 0 aliphatic heterocycles. The lowest BCUT2D eigenvalue weighted by atomic mass is 10.2. The summed E-state index contributed by atoms with van der Waals surface area (Å²) in [5, 5.41) is 16.2. The molecule has 0 radical (unpaired) electrons. The Morgan fingerprint density at radius 2 is 2.19 bits per heavy atom. The van der Waals surface area contributed by atoms with E-state index in [0.717, 1.165) is 17.7 Å². The van der Waals surface area contributed by atoms with E-state index < -0.39 is 5.97 Å². The zero-order chi connectivity index (χ0) is 15.4. The predicted octanol–water partition coefficient (Wildman–Crippen LogP) is 1.09. The molecule has 2 heterocycles. The van der Waals surface area contributed by atoms with Gasteiger partial charge in [-0.25, -0.2) is 19.4 Å². The monoisotopic (exact) mass is 291 g/mol. The highest BCUT2D eigenvalue weighted by molar-refractivity contribution is 5.84. The van der Waals surface area contributed by atoms with Crippen molar-refractivity contribution in [3.8, 4) is 5.88 Å². The van der Waals surface area contributed by atoms with Crippen molar-refractivity contribution in [2.24, 2.45) is 7.05 Å². The second-order valence-electron chi connectivity index (χ2n) is 4.36. The molecule has 0 fully saturated rings. The summed E-state index contributed by atoms with van der Waals surface area (Å²) < 4.78 is 7.03. The van der Waals surface area contributed by atoms with Gasteiger partial charge in [0.15, 0.2) is 5.69 Å². The lowest BCUT2D eigenvalue weighted by Gasteiger charge is -2.07. The number of hydrogen-bond donors (Lipinski definition) is 2. The van der Waals surface area contributed by atoms with Crippen LogP contribution in [0, 0.1) is 0 Å². The van der Waals surface area contributed by atoms with E-state index in [0.29, 0.717) is 18.2 Å². The number of aromatic nitrogens is 4. The molecule has 112 valence electrons. The van der Waals surface area contributed by atoms with Gasteiger partial charge < -0.3 is 15.2 Å². The quantitative estimate of drug-likeness (QED) is 0.821. The van der Waals surface area contributed by atoms with Gasteiger partial charge in [0.05, 0.1) is 30.8 Å². The molecular formula is C13H17N5O3. The Morgan fingerprint density at radius 1 is 1.43 bits per heavy atom. The highest BCUT2D eigenvalue weighted by Gasteiger charge is 2.15. The topological polar surface area (TPSA) is 102 Å². The summed E-state index contributed by atoms with van der Waals surface area (Å²) in [4.78, 5) is 18.5. The number of nitrogens with zero attached hydrogens (tertiary/aromatic N) is 4. The average Bonchev–Trinajstić information content (AvgIpc) is 2.80. The molecule has 0 aliphatic carbocycles. The number of rotatable bonds is 6. The van der Waals surface area contributed by atoms with Gasteiger partial charge in [-0.15, -0.1) is 0 Å². The lowest BCUT2D eigenvalue weighted by molar-refractivity contribution is 0.0690. The number of aromatic carboxylic acids is 1. The van der Waals surface area contributed by atoms with Crippen LogP contribution >= 0.6 is 0 Å². The molecule has 0 bridgehead atoms. The number of aryl methyl sites for hydroxylation is 2. The number of methoxy groups -OCH3 is 1. The maximum atomic E-state index is 10.7. The van der Waals surface area contributed by atoms with Crippen molar-refractivity contribution in [2.75, 3.05) is 12.4 Å². The van der Waals surface area contributed by atoms with Gasteiger partial charge in [0.25, 0.3) is 0 Å². The first-order valence-corrected chi connectivity index (χ1v) is 6.44. The molecule has 0 spiro atoms. The third-order valence-electron chi connectivity index (χ3n) is 3.02. The van der Waals surface area contributed by atoms with E-state index in [1.54, 1.807) is 11.8 Å². The zero-order valence-electron chi connectivity index (χ0n) is 12.1. The summed E-state index contributed by atoms with van der Waals surface area (Å²) in [6, 6.07) is 0. The van der Waals surface area contributed by atoms with Gasteiger partial charge in [-0.05, 0) is 6.42 Å². The first kappa shape index (κ1) is 14.8. The number of carbonyl (C=O) groups is 1. The molecule has 0 saturated heterocycles. The second-order valence-corrected chi connectivity index (χ2v) is 4.36. The molecule has 2 N–H and O–H groups in total. The van der Waals surface area contributed by atoms with Crippen molar-refractivity contribution in [3.05, 3.63) is 29.3 Å². The Hall–Kier alpha value is -2.64. The summed E-state index contributed by atoms with van der Waals surface area (Å²) in [7, 11) is 3.42.